The third-order valence-electron chi connectivity index (χ3n) is 3.33. The molecule has 0 saturated heterocycles. The topological polar surface area (TPSA) is 78.8 Å². The van der Waals surface area contributed by atoms with Crippen LogP contribution in [0.1, 0.15) is 23.5 Å². The van der Waals surface area contributed by atoms with Gasteiger partial charge in [0.05, 0.1) is 10.9 Å². The number of aromatic nitrogens is 1. The fourth-order valence-electron chi connectivity index (χ4n) is 2.10. The van der Waals surface area contributed by atoms with Gasteiger partial charge in [-0.05, 0) is 30.7 Å². The van der Waals surface area contributed by atoms with Crippen molar-refractivity contribution in [3.8, 4) is 5.88 Å². The van der Waals surface area contributed by atoms with E-state index in [1.54, 1.807) is 18.2 Å². The summed E-state index contributed by atoms with van der Waals surface area (Å²) in [6.07, 6.45) is -3.81. The molecule has 1 unspecified atom stereocenters. The largest absolute Gasteiger partial charge is 0.468 e. The van der Waals surface area contributed by atoms with Gasteiger partial charge in [0, 0.05) is 30.2 Å². The van der Waals surface area contributed by atoms with E-state index in [-0.39, 0.29) is 19.0 Å². The summed E-state index contributed by atoms with van der Waals surface area (Å²) >= 11 is 7.16. The summed E-state index contributed by atoms with van der Waals surface area (Å²) in [5.74, 6) is 0.340. The fourth-order valence-corrected chi connectivity index (χ4v) is 3.14. The second kappa shape index (κ2) is 10.5. The quantitative estimate of drug-likeness (QED) is 0.436. The number of aliphatic imine (C=N–C) groups is 1. The number of aliphatic hydroxyl groups is 1. The normalized spacial score (nSPS) is 13.3. The van der Waals surface area contributed by atoms with E-state index in [2.05, 4.69) is 25.3 Å². The number of halogens is 4. The molecule has 1 atom stereocenters. The van der Waals surface area contributed by atoms with E-state index in [1.807, 2.05) is 6.92 Å². The highest BCUT2D eigenvalue weighted by Gasteiger charge is 2.28. The van der Waals surface area contributed by atoms with Crippen molar-refractivity contribution in [2.45, 2.75) is 25.7 Å². The monoisotopic (exact) mass is 436 g/mol. The zero-order valence-electron chi connectivity index (χ0n) is 15.0. The van der Waals surface area contributed by atoms with Crippen molar-refractivity contribution in [2.75, 3.05) is 19.7 Å². The fraction of sp³-hybridized carbons (Fsp3) is 0.412. The van der Waals surface area contributed by atoms with E-state index in [0.717, 1.165) is 4.88 Å². The lowest BCUT2D eigenvalue weighted by molar-refractivity contribution is -0.154. The minimum atomic E-state index is -4.43. The Hall–Kier alpha value is -2.04. The van der Waals surface area contributed by atoms with Crippen LogP contribution in [0.4, 0.5) is 13.2 Å². The summed E-state index contributed by atoms with van der Waals surface area (Å²) in [4.78, 5) is 8.85. The standard InChI is InChI=1S/C17H20ClF3N4O2S/c1-2-22-16(25-9-12(26)13-3-4-14(18)28-13)24-8-11-5-6-23-15(7-11)27-10-17(19,20)21/h3-7,12,26H,2,8-10H2,1H3,(H2,22,24,25). The Kier molecular flexibility index (Phi) is 8.34. The zero-order valence-corrected chi connectivity index (χ0v) is 16.5. The highest BCUT2D eigenvalue weighted by molar-refractivity contribution is 7.16. The summed E-state index contributed by atoms with van der Waals surface area (Å²) in [7, 11) is 0. The lowest BCUT2D eigenvalue weighted by Gasteiger charge is -2.14. The molecule has 0 aliphatic heterocycles. The van der Waals surface area contributed by atoms with E-state index in [9.17, 15) is 18.3 Å². The number of thiophene rings is 1. The van der Waals surface area contributed by atoms with Gasteiger partial charge in [-0.1, -0.05) is 11.6 Å². The van der Waals surface area contributed by atoms with E-state index < -0.39 is 18.9 Å². The van der Waals surface area contributed by atoms with Gasteiger partial charge in [0.2, 0.25) is 5.88 Å². The molecular weight excluding hydrogens is 417 g/mol. The molecule has 0 fully saturated rings. The maximum atomic E-state index is 12.2. The number of guanidine groups is 1. The Balaban J connectivity index is 1.94. The van der Waals surface area contributed by atoms with Crippen LogP contribution < -0.4 is 15.4 Å². The Labute approximate surface area is 169 Å². The molecule has 2 aromatic heterocycles. The van der Waals surface area contributed by atoms with Crippen molar-refractivity contribution in [3.63, 3.8) is 0 Å². The van der Waals surface area contributed by atoms with Crippen molar-refractivity contribution in [1.29, 1.82) is 0 Å². The van der Waals surface area contributed by atoms with E-state index in [1.165, 1.54) is 23.6 Å². The minimum absolute atomic E-state index is 0.118. The summed E-state index contributed by atoms with van der Waals surface area (Å²) in [5.41, 5.74) is 0.634. The van der Waals surface area contributed by atoms with Gasteiger partial charge in [0.25, 0.3) is 0 Å². The highest BCUT2D eigenvalue weighted by Crippen LogP contribution is 2.26. The first-order valence-electron chi connectivity index (χ1n) is 8.37. The third-order valence-corrected chi connectivity index (χ3v) is 4.66. The number of nitrogens with one attached hydrogen (secondary N) is 2. The van der Waals surface area contributed by atoms with Crippen LogP contribution in [0.15, 0.2) is 35.5 Å². The van der Waals surface area contributed by atoms with Crippen molar-refractivity contribution >= 4 is 28.9 Å². The van der Waals surface area contributed by atoms with Crippen LogP contribution in [0.3, 0.4) is 0 Å². The lowest BCUT2D eigenvalue weighted by atomic mass is 10.2. The number of nitrogens with zero attached hydrogens (tertiary/aromatic N) is 2. The Morgan fingerprint density at radius 2 is 2.14 bits per heavy atom. The second-order valence-corrected chi connectivity index (χ2v) is 7.39. The van der Waals surface area contributed by atoms with E-state index in [4.69, 9.17) is 11.6 Å². The molecule has 154 valence electrons. The van der Waals surface area contributed by atoms with Gasteiger partial charge in [0.15, 0.2) is 12.6 Å². The average molecular weight is 437 g/mol. The number of pyridine rings is 1. The summed E-state index contributed by atoms with van der Waals surface area (Å²) in [6.45, 7) is 1.51. The molecule has 28 heavy (non-hydrogen) atoms. The first kappa shape index (κ1) is 22.3. The van der Waals surface area contributed by atoms with Crippen LogP contribution in [0.2, 0.25) is 4.34 Å². The Bertz CT molecular complexity index is 786. The average Bonchev–Trinajstić information content (AvgIpc) is 3.08. The molecule has 0 aliphatic carbocycles. The second-order valence-electron chi connectivity index (χ2n) is 5.64. The van der Waals surface area contributed by atoms with Crippen LogP contribution in [0.25, 0.3) is 0 Å². The van der Waals surface area contributed by atoms with Crippen molar-refractivity contribution in [1.82, 2.24) is 15.6 Å². The van der Waals surface area contributed by atoms with Gasteiger partial charge in [0.1, 0.15) is 6.10 Å². The maximum absolute atomic E-state index is 12.2. The molecule has 0 aromatic carbocycles. The Morgan fingerprint density at radius 3 is 2.79 bits per heavy atom. The molecule has 2 aromatic rings. The first-order chi connectivity index (χ1) is 13.3. The van der Waals surface area contributed by atoms with Crippen LogP contribution in [-0.4, -0.2) is 41.9 Å². The van der Waals surface area contributed by atoms with Gasteiger partial charge < -0.3 is 20.5 Å². The molecule has 11 heteroatoms. The van der Waals surface area contributed by atoms with Gasteiger partial charge in [-0.2, -0.15) is 13.2 Å². The zero-order chi connectivity index (χ0) is 20.6. The first-order valence-corrected chi connectivity index (χ1v) is 9.56. The third kappa shape index (κ3) is 7.91. The van der Waals surface area contributed by atoms with Crippen LogP contribution in [-0.2, 0) is 6.54 Å². The predicted octanol–water partition coefficient (Wildman–Crippen LogP) is 3.53. The molecule has 6 nitrogen and oxygen atoms in total. The van der Waals surface area contributed by atoms with Gasteiger partial charge in [-0.15, -0.1) is 11.3 Å². The molecule has 0 bridgehead atoms. The van der Waals surface area contributed by atoms with E-state index >= 15 is 0 Å². The van der Waals surface area contributed by atoms with Crippen LogP contribution in [0.5, 0.6) is 5.88 Å². The predicted molar refractivity (Wildman–Crippen MR) is 103 cm³/mol. The molecule has 0 amide bonds. The minimum Gasteiger partial charge on any atom is -0.468 e. The van der Waals surface area contributed by atoms with E-state index in [0.29, 0.717) is 22.4 Å². The summed E-state index contributed by atoms with van der Waals surface area (Å²) in [6, 6.07) is 6.51. The van der Waals surface area contributed by atoms with Gasteiger partial charge in [-0.3, -0.25) is 0 Å². The number of aliphatic hydroxyl groups excluding tert-OH is 1. The maximum Gasteiger partial charge on any atom is 0.422 e. The van der Waals surface area contributed by atoms with Crippen LogP contribution in [0, 0.1) is 0 Å². The van der Waals surface area contributed by atoms with Crippen molar-refractivity contribution < 1.29 is 23.0 Å². The van der Waals surface area contributed by atoms with Crippen molar-refractivity contribution in [3.05, 3.63) is 45.2 Å². The number of hydrogen-bond donors (Lipinski definition) is 3. The molecule has 0 aliphatic rings. The molecule has 0 saturated carbocycles. The summed E-state index contributed by atoms with van der Waals surface area (Å²) < 4.78 is 41.9. The molecule has 2 heterocycles. The highest BCUT2D eigenvalue weighted by atomic mass is 35.5. The van der Waals surface area contributed by atoms with Crippen molar-refractivity contribution in [2.24, 2.45) is 4.99 Å². The molecule has 0 radical (unpaired) electrons. The number of ether oxygens (including phenoxy) is 1. The lowest BCUT2D eigenvalue weighted by Crippen LogP contribution is -2.39. The van der Waals surface area contributed by atoms with Crippen LogP contribution >= 0.6 is 22.9 Å². The SMILES string of the molecule is CCNC(=NCc1ccnc(OCC(F)(F)F)c1)NCC(O)c1ccc(Cl)s1. The summed E-state index contributed by atoms with van der Waals surface area (Å²) in [5, 5.41) is 16.2. The van der Waals surface area contributed by atoms with Gasteiger partial charge >= 0.3 is 6.18 Å². The number of hydrogen-bond acceptors (Lipinski definition) is 5. The Morgan fingerprint density at radius 1 is 1.36 bits per heavy atom. The number of rotatable bonds is 8. The molecule has 2 rings (SSSR count). The van der Waals surface area contributed by atoms with Gasteiger partial charge in [-0.25, -0.2) is 9.98 Å². The smallest absolute Gasteiger partial charge is 0.422 e. The molecule has 0 spiro atoms. The molecular formula is C17H20ClF3N4O2S. The number of alkyl halides is 3. The molecule has 3 N–H and O–H groups in total.